The highest BCUT2D eigenvalue weighted by atomic mass is 16.3. The molecule has 1 atom stereocenters. The van der Waals surface area contributed by atoms with Gasteiger partial charge in [0, 0.05) is 5.56 Å². The Kier molecular flexibility index (Phi) is 1.91. The topological polar surface area (TPSA) is 74.9 Å². The fraction of sp³-hybridized carbons (Fsp3) is 0.500. The molecule has 0 saturated heterocycles. The van der Waals surface area contributed by atoms with E-state index in [1.165, 1.54) is 0 Å². The molecule has 0 aromatic carbocycles. The Morgan fingerprint density at radius 2 is 2.60 bits per heavy atom. The molecular formula is C6H11N3O. The van der Waals surface area contributed by atoms with Crippen LogP contribution in [0.5, 0.6) is 0 Å². The van der Waals surface area contributed by atoms with Gasteiger partial charge in [-0.3, -0.25) is 5.10 Å². The molecule has 0 aliphatic carbocycles. The number of rotatable bonds is 2. The van der Waals surface area contributed by atoms with Gasteiger partial charge in [-0.05, 0) is 6.42 Å². The first-order valence-electron chi connectivity index (χ1n) is 3.22. The largest absolute Gasteiger partial charge is 0.388 e. The second kappa shape index (κ2) is 2.70. The lowest BCUT2D eigenvalue weighted by Gasteiger charge is -2.03. The molecule has 10 heavy (non-hydrogen) atoms. The summed E-state index contributed by atoms with van der Waals surface area (Å²) in [5, 5.41) is 15.5. The summed E-state index contributed by atoms with van der Waals surface area (Å²) >= 11 is 0. The molecule has 1 aromatic rings. The van der Waals surface area contributed by atoms with Gasteiger partial charge in [-0.2, -0.15) is 5.10 Å². The zero-order chi connectivity index (χ0) is 7.56. The van der Waals surface area contributed by atoms with E-state index in [4.69, 9.17) is 5.73 Å². The number of aromatic nitrogens is 2. The molecule has 1 aromatic heterocycles. The van der Waals surface area contributed by atoms with E-state index in [9.17, 15) is 5.11 Å². The van der Waals surface area contributed by atoms with Crippen molar-refractivity contribution in [3.05, 3.63) is 11.8 Å². The van der Waals surface area contributed by atoms with Crippen LogP contribution in [-0.2, 0) is 0 Å². The fourth-order valence-electron chi connectivity index (χ4n) is 0.791. The summed E-state index contributed by atoms with van der Waals surface area (Å²) in [4.78, 5) is 0. The van der Waals surface area contributed by atoms with Crippen molar-refractivity contribution in [2.75, 3.05) is 5.73 Å². The third-order valence-corrected chi connectivity index (χ3v) is 1.45. The molecule has 0 bridgehead atoms. The van der Waals surface area contributed by atoms with Crippen molar-refractivity contribution in [1.82, 2.24) is 10.2 Å². The maximum absolute atomic E-state index is 9.26. The maximum atomic E-state index is 9.26. The summed E-state index contributed by atoms with van der Waals surface area (Å²) in [5.74, 6) is 0.453. The molecule has 0 amide bonds. The first-order valence-corrected chi connectivity index (χ1v) is 3.22. The lowest BCUT2D eigenvalue weighted by atomic mass is 10.1. The Labute approximate surface area is 59.1 Å². The average Bonchev–Trinajstić information content (AvgIpc) is 2.34. The van der Waals surface area contributed by atoms with Gasteiger partial charge in [0.15, 0.2) is 0 Å². The van der Waals surface area contributed by atoms with E-state index >= 15 is 0 Å². The van der Waals surface area contributed by atoms with Crippen molar-refractivity contribution < 1.29 is 5.11 Å². The number of hydrogen-bond donors (Lipinski definition) is 3. The lowest BCUT2D eigenvalue weighted by molar-refractivity contribution is 0.174. The molecule has 1 rings (SSSR count). The molecule has 0 saturated carbocycles. The molecule has 4 N–H and O–H groups in total. The zero-order valence-corrected chi connectivity index (χ0v) is 5.83. The predicted octanol–water partition coefficient (Wildman–Crippen LogP) is 0.435. The normalized spacial score (nSPS) is 13.4. The summed E-state index contributed by atoms with van der Waals surface area (Å²) in [7, 11) is 0. The van der Waals surface area contributed by atoms with E-state index in [0.29, 0.717) is 17.8 Å². The maximum Gasteiger partial charge on any atom is 0.124 e. The summed E-state index contributed by atoms with van der Waals surface area (Å²) in [5.41, 5.74) is 6.12. The van der Waals surface area contributed by atoms with E-state index in [0.717, 1.165) is 0 Å². The number of H-pyrrole nitrogens is 1. The Hall–Kier alpha value is -1.03. The molecule has 0 spiro atoms. The van der Waals surface area contributed by atoms with Gasteiger partial charge in [-0.1, -0.05) is 6.92 Å². The summed E-state index contributed by atoms with van der Waals surface area (Å²) in [6, 6.07) is 0. The Morgan fingerprint density at radius 1 is 1.90 bits per heavy atom. The quantitative estimate of drug-likeness (QED) is 0.559. The summed E-state index contributed by atoms with van der Waals surface area (Å²) in [6.07, 6.45) is 1.71. The number of hydrogen-bond acceptors (Lipinski definition) is 3. The number of nitrogens with one attached hydrogen (secondary N) is 1. The number of aliphatic hydroxyl groups excluding tert-OH is 1. The number of aromatic amines is 1. The number of nitrogen functional groups attached to an aromatic ring is 1. The van der Waals surface area contributed by atoms with Crippen LogP contribution in [0.15, 0.2) is 6.20 Å². The average molecular weight is 141 g/mol. The van der Waals surface area contributed by atoms with Crippen molar-refractivity contribution in [3.8, 4) is 0 Å². The van der Waals surface area contributed by atoms with Gasteiger partial charge in [-0.15, -0.1) is 0 Å². The number of anilines is 1. The second-order valence-corrected chi connectivity index (χ2v) is 2.16. The second-order valence-electron chi connectivity index (χ2n) is 2.16. The molecule has 1 unspecified atom stereocenters. The molecule has 0 aliphatic rings. The Bertz CT molecular complexity index is 209. The first-order chi connectivity index (χ1) is 4.75. The third kappa shape index (κ3) is 1.11. The van der Waals surface area contributed by atoms with Gasteiger partial charge >= 0.3 is 0 Å². The molecule has 4 heteroatoms. The molecule has 0 radical (unpaired) electrons. The van der Waals surface area contributed by atoms with Crippen molar-refractivity contribution in [2.24, 2.45) is 0 Å². The van der Waals surface area contributed by atoms with Crippen molar-refractivity contribution in [1.29, 1.82) is 0 Å². The third-order valence-electron chi connectivity index (χ3n) is 1.45. The van der Waals surface area contributed by atoms with Crippen LogP contribution < -0.4 is 5.73 Å². The van der Waals surface area contributed by atoms with E-state index in [2.05, 4.69) is 10.2 Å². The minimum atomic E-state index is -0.487. The van der Waals surface area contributed by atoms with Crippen LogP contribution in [0.1, 0.15) is 25.0 Å². The van der Waals surface area contributed by atoms with Gasteiger partial charge < -0.3 is 10.8 Å². The first kappa shape index (κ1) is 7.08. The van der Waals surface area contributed by atoms with Gasteiger partial charge in [0.05, 0.1) is 12.3 Å². The number of aliphatic hydroxyl groups is 1. The summed E-state index contributed by atoms with van der Waals surface area (Å²) < 4.78 is 0. The Balaban J connectivity index is 2.82. The summed E-state index contributed by atoms with van der Waals surface area (Å²) in [6.45, 7) is 1.89. The molecule has 56 valence electrons. The van der Waals surface area contributed by atoms with Crippen molar-refractivity contribution in [2.45, 2.75) is 19.4 Å². The van der Waals surface area contributed by atoms with Crippen molar-refractivity contribution in [3.63, 3.8) is 0 Å². The van der Waals surface area contributed by atoms with Crippen LogP contribution in [0.4, 0.5) is 5.82 Å². The zero-order valence-electron chi connectivity index (χ0n) is 5.83. The molecule has 4 nitrogen and oxygen atoms in total. The SMILES string of the molecule is CCC(O)c1cn[nH]c1N. The molecule has 0 aliphatic heterocycles. The Morgan fingerprint density at radius 3 is 3.00 bits per heavy atom. The van der Waals surface area contributed by atoms with E-state index in [1.54, 1.807) is 6.20 Å². The van der Waals surface area contributed by atoms with E-state index < -0.39 is 6.10 Å². The van der Waals surface area contributed by atoms with Crippen LogP contribution in [0.2, 0.25) is 0 Å². The lowest BCUT2D eigenvalue weighted by Crippen LogP contribution is -1.97. The highest BCUT2D eigenvalue weighted by molar-refractivity contribution is 5.38. The number of nitrogens with two attached hydrogens (primary N) is 1. The fourth-order valence-corrected chi connectivity index (χ4v) is 0.791. The highest BCUT2D eigenvalue weighted by Gasteiger charge is 2.09. The van der Waals surface area contributed by atoms with Crippen LogP contribution in [0, 0.1) is 0 Å². The highest BCUT2D eigenvalue weighted by Crippen LogP contribution is 2.19. The van der Waals surface area contributed by atoms with Gasteiger partial charge in [-0.25, -0.2) is 0 Å². The molecule has 0 fully saturated rings. The van der Waals surface area contributed by atoms with Gasteiger partial charge in [0.25, 0.3) is 0 Å². The smallest absolute Gasteiger partial charge is 0.124 e. The van der Waals surface area contributed by atoms with Gasteiger partial charge in [0.1, 0.15) is 5.82 Å². The molecule has 1 heterocycles. The number of nitrogens with zero attached hydrogens (tertiary/aromatic N) is 1. The predicted molar refractivity (Wildman–Crippen MR) is 38.3 cm³/mol. The van der Waals surface area contributed by atoms with E-state index in [1.807, 2.05) is 6.92 Å². The monoisotopic (exact) mass is 141 g/mol. The van der Waals surface area contributed by atoms with Crippen LogP contribution >= 0.6 is 0 Å². The standard InChI is InChI=1S/C6H11N3O/c1-2-5(10)4-3-8-9-6(4)7/h3,5,10H,2H2,1H3,(H3,7,8,9). The minimum Gasteiger partial charge on any atom is -0.388 e. The van der Waals surface area contributed by atoms with Crippen LogP contribution in [-0.4, -0.2) is 15.3 Å². The minimum absolute atomic E-state index is 0.453. The molecular weight excluding hydrogens is 130 g/mol. The van der Waals surface area contributed by atoms with Crippen LogP contribution in [0.25, 0.3) is 0 Å². The van der Waals surface area contributed by atoms with Crippen molar-refractivity contribution >= 4 is 5.82 Å². The van der Waals surface area contributed by atoms with Gasteiger partial charge in [0.2, 0.25) is 0 Å². The van der Waals surface area contributed by atoms with E-state index in [-0.39, 0.29) is 0 Å². The van der Waals surface area contributed by atoms with Crippen LogP contribution in [0.3, 0.4) is 0 Å².